The first-order valence-electron chi connectivity index (χ1n) is 7.96. The van der Waals surface area contributed by atoms with Gasteiger partial charge in [0.15, 0.2) is 0 Å². The minimum Gasteiger partial charge on any atom is -0.324 e. The highest BCUT2D eigenvalue weighted by Gasteiger charge is 2.33. The Morgan fingerprint density at radius 1 is 1.27 bits per heavy atom. The third kappa shape index (κ3) is 4.53. The molecule has 140 valence electrons. The van der Waals surface area contributed by atoms with Crippen molar-refractivity contribution in [1.29, 1.82) is 0 Å². The van der Waals surface area contributed by atoms with Crippen molar-refractivity contribution in [3.63, 3.8) is 0 Å². The number of hydrogen-bond donors (Lipinski definition) is 1. The van der Waals surface area contributed by atoms with Gasteiger partial charge < -0.3 is 5.32 Å². The van der Waals surface area contributed by atoms with Crippen LogP contribution in [-0.2, 0) is 14.8 Å². The van der Waals surface area contributed by atoms with Crippen LogP contribution in [0.4, 0.5) is 15.8 Å². The molecule has 0 radical (unpaired) electrons. The van der Waals surface area contributed by atoms with Crippen molar-refractivity contribution in [2.24, 2.45) is 0 Å². The Bertz CT molecular complexity index is 918. The van der Waals surface area contributed by atoms with Gasteiger partial charge in [0.2, 0.25) is 15.9 Å². The second kappa shape index (κ2) is 8.05. The molecular weight excluding hydrogens is 379 g/mol. The third-order valence-electron chi connectivity index (χ3n) is 3.86. The third-order valence-corrected chi connectivity index (χ3v) is 5.43. The van der Waals surface area contributed by atoms with E-state index in [0.29, 0.717) is 10.7 Å². The summed E-state index contributed by atoms with van der Waals surface area (Å²) in [6, 6.07) is 9.32. The fourth-order valence-electron chi connectivity index (χ4n) is 2.56. The summed E-state index contributed by atoms with van der Waals surface area (Å²) in [5.41, 5.74) is 1.12. The fraction of sp³-hybridized carbons (Fsp3) is 0.278. The summed E-state index contributed by atoms with van der Waals surface area (Å²) in [5.74, 6) is -1.29. The lowest BCUT2D eigenvalue weighted by Crippen LogP contribution is -2.47. The largest absolute Gasteiger partial charge is 0.324 e. The molecule has 0 heterocycles. The van der Waals surface area contributed by atoms with E-state index in [9.17, 15) is 17.6 Å². The van der Waals surface area contributed by atoms with Gasteiger partial charge in [0.25, 0.3) is 0 Å². The maximum atomic E-state index is 14.2. The van der Waals surface area contributed by atoms with Crippen molar-refractivity contribution in [3.05, 3.63) is 58.9 Å². The van der Waals surface area contributed by atoms with Gasteiger partial charge in [-0.2, -0.15) is 0 Å². The second-order valence-electron chi connectivity index (χ2n) is 5.89. The van der Waals surface area contributed by atoms with Crippen LogP contribution in [0.15, 0.2) is 42.5 Å². The highest BCUT2D eigenvalue weighted by molar-refractivity contribution is 7.92. The van der Waals surface area contributed by atoms with Gasteiger partial charge in [-0.15, -0.1) is 0 Å². The summed E-state index contributed by atoms with van der Waals surface area (Å²) >= 11 is 6.06. The number of anilines is 2. The van der Waals surface area contributed by atoms with Gasteiger partial charge in [-0.1, -0.05) is 36.7 Å². The van der Waals surface area contributed by atoms with Gasteiger partial charge in [0.05, 0.1) is 11.9 Å². The van der Waals surface area contributed by atoms with Gasteiger partial charge in [0, 0.05) is 10.7 Å². The van der Waals surface area contributed by atoms with Crippen molar-refractivity contribution in [2.45, 2.75) is 26.3 Å². The lowest BCUT2D eigenvalue weighted by atomic mass is 10.1. The van der Waals surface area contributed by atoms with E-state index in [-0.39, 0.29) is 12.1 Å². The molecule has 8 heteroatoms. The van der Waals surface area contributed by atoms with E-state index in [1.165, 1.54) is 18.2 Å². The van der Waals surface area contributed by atoms with Crippen LogP contribution >= 0.6 is 11.6 Å². The maximum absolute atomic E-state index is 14.2. The van der Waals surface area contributed by atoms with E-state index in [4.69, 9.17) is 11.6 Å². The van der Waals surface area contributed by atoms with Crippen LogP contribution in [0, 0.1) is 12.7 Å². The Labute approximate surface area is 157 Å². The summed E-state index contributed by atoms with van der Waals surface area (Å²) in [7, 11) is -3.90. The molecule has 0 fully saturated rings. The zero-order valence-electron chi connectivity index (χ0n) is 14.7. The van der Waals surface area contributed by atoms with E-state index >= 15 is 0 Å². The van der Waals surface area contributed by atoms with Crippen LogP contribution < -0.4 is 9.62 Å². The predicted octanol–water partition coefficient (Wildman–Crippen LogP) is 3.97. The molecule has 2 aromatic rings. The van der Waals surface area contributed by atoms with E-state index in [0.717, 1.165) is 22.2 Å². The van der Waals surface area contributed by atoms with Gasteiger partial charge in [-0.05, 0) is 43.2 Å². The van der Waals surface area contributed by atoms with Gasteiger partial charge in [-0.25, -0.2) is 12.8 Å². The fourth-order valence-corrected chi connectivity index (χ4v) is 3.96. The van der Waals surface area contributed by atoms with Crippen LogP contribution in [0.5, 0.6) is 0 Å². The van der Waals surface area contributed by atoms with E-state index in [1.54, 1.807) is 25.1 Å². The van der Waals surface area contributed by atoms with Crippen molar-refractivity contribution in [2.75, 3.05) is 15.9 Å². The number of para-hydroxylation sites is 1. The number of amides is 1. The zero-order valence-corrected chi connectivity index (χ0v) is 16.2. The molecular formula is C18H20ClFN2O3S. The molecule has 0 spiro atoms. The van der Waals surface area contributed by atoms with E-state index in [1.807, 2.05) is 6.92 Å². The Morgan fingerprint density at radius 2 is 1.92 bits per heavy atom. The molecule has 2 aromatic carbocycles. The summed E-state index contributed by atoms with van der Waals surface area (Å²) < 4.78 is 39.6. The number of rotatable bonds is 6. The van der Waals surface area contributed by atoms with Crippen molar-refractivity contribution in [3.8, 4) is 0 Å². The Balaban J connectivity index is 2.40. The number of benzene rings is 2. The van der Waals surface area contributed by atoms with Crippen molar-refractivity contribution < 1.29 is 17.6 Å². The number of aryl methyl sites for hydroxylation is 1. The lowest BCUT2D eigenvalue weighted by Gasteiger charge is -2.30. The summed E-state index contributed by atoms with van der Waals surface area (Å²) in [6.45, 7) is 3.48. The Hall–Kier alpha value is -2.12. The van der Waals surface area contributed by atoms with Crippen LogP contribution in [-0.4, -0.2) is 26.6 Å². The molecule has 0 saturated heterocycles. The van der Waals surface area contributed by atoms with Crippen LogP contribution in [0.1, 0.15) is 18.9 Å². The molecule has 0 saturated carbocycles. The molecule has 26 heavy (non-hydrogen) atoms. The molecule has 0 bridgehead atoms. The first-order chi connectivity index (χ1) is 12.1. The number of carbonyl (C=O) groups is 1. The monoisotopic (exact) mass is 398 g/mol. The highest BCUT2D eigenvalue weighted by atomic mass is 35.5. The van der Waals surface area contributed by atoms with Gasteiger partial charge in [0.1, 0.15) is 11.9 Å². The smallest absolute Gasteiger partial charge is 0.248 e. The SMILES string of the molecule is CC[C@H](C(=O)Nc1ccc(C)c(Cl)c1)N(c1ccccc1F)S(C)(=O)=O. The second-order valence-corrected chi connectivity index (χ2v) is 8.15. The number of halogens is 2. The Morgan fingerprint density at radius 3 is 2.46 bits per heavy atom. The average molecular weight is 399 g/mol. The molecule has 0 aromatic heterocycles. The van der Waals surface area contributed by atoms with E-state index in [2.05, 4.69) is 5.32 Å². The summed E-state index contributed by atoms with van der Waals surface area (Å²) in [6.07, 6.45) is 1.10. The van der Waals surface area contributed by atoms with Crippen LogP contribution in [0.25, 0.3) is 0 Å². The highest BCUT2D eigenvalue weighted by Crippen LogP contribution is 2.26. The van der Waals surface area contributed by atoms with Gasteiger partial charge in [-0.3, -0.25) is 9.10 Å². The topological polar surface area (TPSA) is 66.5 Å². The molecule has 0 unspecified atom stereocenters. The molecule has 1 atom stereocenters. The van der Waals surface area contributed by atoms with Crippen LogP contribution in [0.3, 0.4) is 0 Å². The molecule has 0 aliphatic rings. The van der Waals surface area contributed by atoms with Crippen molar-refractivity contribution >= 4 is 38.9 Å². The van der Waals surface area contributed by atoms with Crippen molar-refractivity contribution in [1.82, 2.24) is 0 Å². The number of nitrogens with zero attached hydrogens (tertiary/aromatic N) is 1. The molecule has 1 amide bonds. The normalized spacial score (nSPS) is 12.5. The standard InChI is InChI=1S/C18H20ClFN2O3S/c1-4-16(18(23)21-13-10-9-12(2)14(19)11-13)22(26(3,24)25)17-8-6-5-7-15(17)20/h5-11,16H,4H2,1-3H3,(H,21,23)/t16-/m1/s1. The quantitative estimate of drug-likeness (QED) is 0.800. The van der Waals surface area contributed by atoms with E-state index < -0.39 is 27.8 Å². The number of hydrogen-bond acceptors (Lipinski definition) is 3. The lowest BCUT2D eigenvalue weighted by molar-refractivity contribution is -0.117. The molecule has 1 N–H and O–H groups in total. The summed E-state index contributed by atoms with van der Waals surface area (Å²) in [4.78, 5) is 12.7. The van der Waals surface area contributed by atoms with Gasteiger partial charge >= 0.3 is 0 Å². The first-order valence-corrected chi connectivity index (χ1v) is 10.2. The maximum Gasteiger partial charge on any atom is 0.248 e. The molecule has 5 nitrogen and oxygen atoms in total. The average Bonchev–Trinajstić information content (AvgIpc) is 2.55. The predicted molar refractivity (Wildman–Crippen MR) is 103 cm³/mol. The Kier molecular flexibility index (Phi) is 6.26. The number of sulfonamides is 1. The zero-order chi connectivity index (χ0) is 19.5. The van der Waals surface area contributed by atoms with Crippen LogP contribution in [0.2, 0.25) is 5.02 Å². The minimum atomic E-state index is -3.90. The summed E-state index contributed by atoms with van der Waals surface area (Å²) in [5, 5.41) is 3.13. The molecule has 2 rings (SSSR count). The number of nitrogens with one attached hydrogen (secondary N) is 1. The molecule has 0 aliphatic heterocycles. The first kappa shape index (κ1) is 20.2. The number of carbonyl (C=O) groups excluding carboxylic acids is 1. The molecule has 0 aliphatic carbocycles. The minimum absolute atomic E-state index is 0.160.